The minimum atomic E-state index is -1.10. The average Bonchev–Trinajstić information content (AvgIpc) is 2.65. The third kappa shape index (κ3) is 6.65. The molecule has 0 heterocycles. The fourth-order valence-electron chi connectivity index (χ4n) is 4.52. The Hall–Kier alpha value is -1.70. The summed E-state index contributed by atoms with van der Waals surface area (Å²) in [5.41, 5.74) is 0.958. The second kappa shape index (κ2) is 11.1. The number of carboxylic acids is 1. The third-order valence-electron chi connectivity index (χ3n) is 6.44. The molecule has 0 aromatic carbocycles. The number of aliphatic hydroxyl groups is 3. The van der Waals surface area contributed by atoms with E-state index in [9.17, 15) is 24.9 Å². The molecule has 0 amide bonds. The van der Waals surface area contributed by atoms with Crippen molar-refractivity contribution in [1.29, 1.82) is 0 Å². The molecule has 4 N–H and O–H groups in total. The van der Waals surface area contributed by atoms with Crippen LogP contribution in [0.25, 0.3) is 0 Å². The maximum Gasteiger partial charge on any atom is 0.308 e. The van der Waals surface area contributed by atoms with Gasteiger partial charge in [0.2, 0.25) is 0 Å². The molecule has 170 valence electrons. The molecule has 30 heavy (non-hydrogen) atoms. The van der Waals surface area contributed by atoms with Crippen LogP contribution in [-0.4, -0.2) is 56.8 Å². The van der Waals surface area contributed by atoms with E-state index < -0.39 is 30.4 Å². The molecule has 0 fully saturated rings. The van der Waals surface area contributed by atoms with Gasteiger partial charge in [-0.05, 0) is 43.1 Å². The summed E-state index contributed by atoms with van der Waals surface area (Å²) in [6.45, 7) is 5.85. The van der Waals surface area contributed by atoms with Crippen molar-refractivity contribution in [3.05, 3.63) is 23.8 Å². The van der Waals surface area contributed by atoms with Crippen molar-refractivity contribution in [2.24, 2.45) is 23.7 Å². The summed E-state index contributed by atoms with van der Waals surface area (Å²) in [4.78, 5) is 23.1. The van der Waals surface area contributed by atoms with E-state index in [4.69, 9.17) is 9.84 Å². The highest BCUT2D eigenvalue weighted by molar-refractivity contribution is 5.72. The van der Waals surface area contributed by atoms with Gasteiger partial charge in [-0.1, -0.05) is 39.0 Å². The molecule has 7 heteroatoms. The average molecular weight is 425 g/mol. The molecule has 0 aromatic rings. The Kier molecular flexibility index (Phi) is 9.07. The molecule has 0 aliphatic heterocycles. The molecule has 8 atom stereocenters. The zero-order chi connectivity index (χ0) is 22.4. The second-order valence-corrected chi connectivity index (χ2v) is 8.88. The van der Waals surface area contributed by atoms with Crippen LogP contribution in [0.4, 0.5) is 0 Å². The summed E-state index contributed by atoms with van der Waals surface area (Å²) in [7, 11) is 0. The largest absolute Gasteiger partial charge is 0.481 e. The number of aliphatic hydroxyl groups excluding tert-OH is 3. The quantitative estimate of drug-likeness (QED) is 0.397. The van der Waals surface area contributed by atoms with Crippen LogP contribution in [-0.2, 0) is 14.3 Å². The summed E-state index contributed by atoms with van der Waals surface area (Å²) in [5.74, 6) is -1.31. The number of allylic oxidation sites excluding steroid dienone is 2. The molecule has 2 unspecified atom stereocenters. The maximum atomic E-state index is 12.4. The SMILES string of the molecule is CCC(C)C(=O)O[C@H]1C[C@H](O)C=C2C=C[C@H](C)C(CC[C@@H](O)C[C@@H](O)CC(=O)O)[C@H]21. The van der Waals surface area contributed by atoms with Crippen LogP contribution >= 0.6 is 0 Å². The molecule has 0 spiro atoms. The third-order valence-corrected chi connectivity index (χ3v) is 6.44. The smallest absolute Gasteiger partial charge is 0.308 e. The van der Waals surface area contributed by atoms with E-state index in [0.29, 0.717) is 25.7 Å². The van der Waals surface area contributed by atoms with E-state index in [1.807, 2.05) is 26.0 Å². The molecule has 7 nitrogen and oxygen atoms in total. The number of aliphatic carboxylic acids is 1. The predicted octanol–water partition coefficient (Wildman–Crippen LogP) is 2.44. The van der Waals surface area contributed by atoms with Crippen molar-refractivity contribution in [1.82, 2.24) is 0 Å². The van der Waals surface area contributed by atoms with Gasteiger partial charge < -0.3 is 25.2 Å². The molecule has 0 radical (unpaired) electrons. The van der Waals surface area contributed by atoms with E-state index >= 15 is 0 Å². The number of ether oxygens (including phenoxy) is 1. The topological polar surface area (TPSA) is 124 Å². The summed E-state index contributed by atoms with van der Waals surface area (Å²) in [6.07, 6.45) is 4.64. The Morgan fingerprint density at radius 2 is 1.97 bits per heavy atom. The van der Waals surface area contributed by atoms with Gasteiger partial charge in [-0.15, -0.1) is 0 Å². The first kappa shape index (κ1) is 24.6. The summed E-state index contributed by atoms with van der Waals surface area (Å²) in [6, 6.07) is 0. The molecule has 2 aliphatic rings. The van der Waals surface area contributed by atoms with Gasteiger partial charge in [0.15, 0.2) is 0 Å². The van der Waals surface area contributed by atoms with Crippen LogP contribution in [0.3, 0.4) is 0 Å². The highest BCUT2D eigenvalue weighted by Crippen LogP contribution is 2.44. The van der Waals surface area contributed by atoms with Crippen LogP contribution in [0.15, 0.2) is 23.8 Å². The molecule has 2 rings (SSSR count). The normalized spacial score (nSPS) is 31.3. The Morgan fingerprint density at radius 1 is 1.27 bits per heavy atom. The van der Waals surface area contributed by atoms with Crippen molar-refractivity contribution >= 4 is 11.9 Å². The lowest BCUT2D eigenvalue weighted by Crippen LogP contribution is -2.43. The molecular formula is C23H36O7. The van der Waals surface area contributed by atoms with Crippen molar-refractivity contribution in [2.75, 3.05) is 0 Å². The molecular weight excluding hydrogens is 388 g/mol. The number of carbonyl (C=O) groups is 2. The Balaban J connectivity index is 2.09. The first-order valence-electron chi connectivity index (χ1n) is 11.0. The van der Waals surface area contributed by atoms with Crippen molar-refractivity contribution < 1.29 is 34.8 Å². The van der Waals surface area contributed by atoms with Crippen molar-refractivity contribution in [3.8, 4) is 0 Å². The van der Waals surface area contributed by atoms with Crippen LogP contribution < -0.4 is 0 Å². The van der Waals surface area contributed by atoms with E-state index in [0.717, 1.165) is 5.57 Å². The van der Waals surface area contributed by atoms with Crippen LogP contribution in [0.5, 0.6) is 0 Å². The van der Waals surface area contributed by atoms with Gasteiger partial charge >= 0.3 is 11.9 Å². The van der Waals surface area contributed by atoms with E-state index in [1.54, 1.807) is 0 Å². The van der Waals surface area contributed by atoms with Crippen molar-refractivity contribution in [2.45, 2.75) is 83.7 Å². The number of carbonyl (C=O) groups excluding carboxylic acids is 1. The van der Waals surface area contributed by atoms with Gasteiger partial charge in [0.1, 0.15) is 6.10 Å². The number of hydrogen-bond donors (Lipinski definition) is 4. The minimum Gasteiger partial charge on any atom is -0.481 e. The van der Waals surface area contributed by atoms with E-state index in [1.165, 1.54) is 0 Å². The first-order chi connectivity index (χ1) is 14.1. The fraction of sp³-hybridized carbons (Fsp3) is 0.739. The van der Waals surface area contributed by atoms with Gasteiger partial charge in [-0.2, -0.15) is 0 Å². The van der Waals surface area contributed by atoms with Gasteiger partial charge in [0.05, 0.1) is 30.7 Å². The lowest BCUT2D eigenvalue weighted by molar-refractivity contribution is -0.159. The molecule has 0 aromatic heterocycles. The van der Waals surface area contributed by atoms with Gasteiger partial charge in [0.25, 0.3) is 0 Å². The summed E-state index contributed by atoms with van der Waals surface area (Å²) in [5, 5.41) is 39.1. The number of rotatable bonds is 10. The van der Waals surface area contributed by atoms with E-state index in [2.05, 4.69) is 13.0 Å². The monoisotopic (exact) mass is 424 g/mol. The Labute approximate surface area is 178 Å². The minimum absolute atomic E-state index is 0.0156. The van der Waals surface area contributed by atoms with E-state index in [-0.39, 0.29) is 42.5 Å². The maximum absolute atomic E-state index is 12.4. The van der Waals surface area contributed by atoms with Gasteiger partial charge in [0, 0.05) is 12.3 Å². The first-order valence-corrected chi connectivity index (χ1v) is 11.0. The van der Waals surface area contributed by atoms with Crippen molar-refractivity contribution in [3.63, 3.8) is 0 Å². The lowest BCUT2D eigenvalue weighted by Gasteiger charge is -2.43. The zero-order valence-corrected chi connectivity index (χ0v) is 18.1. The predicted molar refractivity (Wildman–Crippen MR) is 111 cm³/mol. The van der Waals surface area contributed by atoms with Crippen LogP contribution in [0.2, 0.25) is 0 Å². The molecule has 2 aliphatic carbocycles. The summed E-state index contributed by atoms with van der Waals surface area (Å²) >= 11 is 0. The highest BCUT2D eigenvalue weighted by Gasteiger charge is 2.42. The molecule has 0 saturated carbocycles. The molecule has 0 saturated heterocycles. The lowest BCUT2D eigenvalue weighted by atomic mass is 9.66. The standard InChI is InChI=1S/C23H36O7/c1-4-13(2)23(29)30-20-11-17(25)9-15-6-5-14(3)19(22(15)20)8-7-16(24)10-18(26)12-21(27)28/h5-6,9,13-14,16-20,22,24-26H,4,7-8,10-12H2,1-3H3,(H,27,28)/t13?,14-,16+,17+,18+,19?,20-,22-/m0/s1. The zero-order valence-electron chi connectivity index (χ0n) is 18.1. The van der Waals surface area contributed by atoms with Gasteiger partial charge in [-0.3, -0.25) is 9.59 Å². The highest BCUT2D eigenvalue weighted by atomic mass is 16.5. The van der Waals surface area contributed by atoms with Gasteiger partial charge in [-0.25, -0.2) is 0 Å². The Morgan fingerprint density at radius 3 is 2.60 bits per heavy atom. The Bertz CT molecular complexity index is 656. The second-order valence-electron chi connectivity index (χ2n) is 8.88. The summed E-state index contributed by atoms with van der Waals surface area (Å²) < 4.78 is 5.84. The number of carboxylic acid groups (broad SMARTS) is 1. The number of fused-ring (bicyclic) bond motifs is 1. The number of esters is 1. The molecule has 0 bridgehead atoms. The fourth-order valence-corrected chi connectivity index (χ4v) is 4.52. The van der Waals surface area contributed by atoms with Crippen LogP contribution in [0.1, 0.15) is 59.3 Å². The number of hydrogen-bond acceptors (Lipinski definition) is 6. The van der Waals surface area contributed by atoms with Crippen LogP contribution in [0, 0.1) is 23.7 Å².